The zero-order chi connectivity index (χ0) is 12.1. The number of carbonyl (C=O) groups excluding carboxylic acids is 1. The summed E-state index contributed by atoms with van der Waals surface area (Å²) in [5, 5.41) is 12.9. The monoisotopic (exact) mass is 232 g/mol. The van der Waals surface area contributed by atoms with E-state index in [1.807, 2.05) is 24.3 Å². The lowest BCUT2D eigenvalue weighted by atomic mass is 10.2. The summed E-state index contributed by atoms with van der Waals surface area (Å²) < 4.78 is 4.60. The van der Waals surface area contributed by atoms with Gasteiger partial charge in [0.1, 0.15) is 6.61 Å². The van der Waals surface area contributed by atoms with Gasteiger partial charge in [-0.05, 0) is 0 Å². The van der Waals surface area contributed by atoms with E-state index in [-0.39, 0.29) is 6.61 Å². The van der Waals surface area contributed by atoms with Crippen LogP contribution in [0.25, 0.3) is 10.8 Å². The van der Waals surface area contributed by atoms with Gasteiger partial charge in [-0.15, -0.1) is 5.10 Å². The molecule has 6 heteroatoms. The van der Waals surface area contributed by atoms with E-state index in [1.165, 1.54) is 0 Å². The number of nitrogens with two attached hydrogens (primary N) is 1. The quantitative estimate of drug-likeness (QED) is 0.771. The fourth-order valence-corrected chi connectivity index (χ4v) is 1.48. The van der Waals surface area contributed by atoms with E-state index in [0.29, 0.717) is 12.4 Å². The van der Waals surface area contributed by atoms with Crippen LogP contribution in [0.4, 0.5) is 10.6 Å². The van der Waals surface area contributed by atoms with E-state index in [0.717, 1.165) is 10.8 Å². The first-order valence-corrected chi connectivity index (χ1v) is 5.14. The van der Waals surface area contributed by atoms with Crippen LogP contribution in [-0.4, -0.2) is 29.4 Å². The van der Waals surface area contributed by atoms with Gasteiger partial charge in [-0.2, -0.15) is 5.10 Å². The molecule has 2 rings (SSSR count). The van der Waals surface area contributed by atoms with E-state index in [4.69, 9.17) is 5.73 Å². The van der Waals surface area contributed by atoms with Crippen molar-refractivity contribution in [3.05, 3.63) is 30.5 Å². The number of nitrogens with zero attached hydrogens (tertiary/aromatic N) is 2. The lowest BCUT2D eigenvalue weighted by molar-refractivity contribution is 0.161. The van der Waals surface area contributed by atoms with Gasteiger partial charge < -0.3 is 15.8 Å². The van der Waals surface area contributed by atoms with Crippen molar-refractivity contribution in [3.63, 3.8) is 0 Å². The normalized spacial score (nSPS) is 10.1. The molecule has 1 aromatic carbocycles. The summed E-state index contributed by atoms with van der Waals surface area (Å²) in [5.41, 5.74) is 4.85. The van der Waals surface area contributed by atoms with Crippen molar-refractivity contribution in [2.24, 2.45) is 5.73 Å². The predicted octanol–water partition coefficient (Wildman–Crippen LogP) is 1.14. The third-order valence-electron chi connectivity index (χ3n) is 2.21. The third-order valence-corrected chi connectivity index (χ3v) is 2.21. The van der Waals surface area contributed by atoms with Crippen LogP contribution in [0.15, 0.2) is 30.5 Å². The van der Waals surface area contributed by atoms with Crippen LogP contribution >= 0.6 is 0 Å². The second kappa shape index (κ2) is 5.11. The highest BCUT2D eigenvalue weighted by molar-refractivity contribution is 5.90. The highest BCUT2D eigenvalue weighted by Crippen LogP contribution is 2.18. The predicted molar refractivity (Wildman–Crippen MR) is 63.6 cm³/mol. The molecular weight excluding hydrogens is 220 g/mol. The Hall–Kier alpha value is -2.37. The van der Waals surface area contributed by atoms with Crippen LogP contribution in [0.1, 0.15) is 0 Å². The number of anilines is 1. The van der Waals surface area contributed by atoms with Crippen molar-refractivity contribution >= 4 is 22.7 Å². The molecule has 0 aliphatic heterocycles. The van der Waals surface area contributed by atoms with Gasteiger partial charge in [0.2, 0.25) is 0 Å². The number of aromatic nitrogens is 2. The number of carbonyl (C=O) groups is 1. The molecule has 0 fully saturated rings. The highest BCUT2D eigenvalue weighted by Gasteiger charge is 2.02. The Morgan fingerprint density at radius 3 is 3.06 bits per heavy atom. The minimum absolute atomic E-state index is 0.195. The summed E-state index contributed by atoms with van der Waals surface area (Å²) in [6, 6.07) is 7.76. The highest BCUT2D eigenvalue weighted by atomic mass is 16.5. The van der Waals surface area contributed by atoms with E-state index >= 15 is 0 Å². The number of benzene rings is 1. The number of rotatable bonds is 4. The fourth-order valence-electron chi connectivity index (χ4n) is 1.48. The molecule has 88 valence electrons. The number of amides is 1. The standard InChI is InChI=1S/C11H12N4O2/c12-11(16)17-6-5-13-10-9-4-2-1-3-8(9)7-14-15-10/h1-4,7H,5-6H2,(H2,12,16)(H,13,15). The van der Waals surface area contributed by atoms with Crippen LogP contribution < -0.4 is 11.1 Å². The van der Waals surface area contributed by atoms with Crippen LogP contribution in [0.2, 0.25) is 0 Å². The molecule has 0 saturated carbocycles. The average molecular weight is 232 g/mol. The van der Waals surface area contributed by atoms with Crippen molar-refractivity contribution in [2.75, 3.05) is 18.5 Å². The molecule has 0 aliphatic carbocycles. The van der Waals surface area contributed by atoms with E-state index in [9.17, 15) is 4.79 Å². The topological polar surface area (TPSA) is 90.1 Å². The maximum atomic E-state index is 10.4. The molecule has 6 nitrogen and oxygen atoms in total. The van der Waals surface area contributed by atoms with Gasteiger partial charge in [0.25, 0.3) is 0 Å². The maximum Gasteiger partial charge on any atom is 0.404 e. The summed E-state index contributed by atoms with van der Waals surface area (Å²) in [7, 11) is 0. The van der Waals surface area contributed by atoms with E-state index in [2.05, 4.69) is 20.3 Å². The van der Waals surface area contributed by atoms with Gasteiger partial charge >= 0.3 is 6.09 Å². The number of primary amides is 1. The van der Waals surface area contributed by atoms with Gasteiger partial charge in [0.05, 0.1) is 12.7 Å². The van der Waals surface area contributed by atoms with Crippen molar-refractivity contribution < 1.29 is 9.53 Å². The van der Waals surface area contributed by atoms with Crippen LogP contribution in [0.3, 0.4) is 0 Å². The van der Waals surface area contributed by atoms with Crippen LogP contribution in [-0.2, 0) is 4.74 Å². The molecule has 1 amide bonds. The van der Waals surface area contributed by atoms with Crippen molar-refractivity contribution in [1.29, 1.82) is 0 Å². The molecule has 1 heterocycles. The summed E-state index contributed by atoms with van der Waals surface area (Å²) in [4.78, 5) is 10.4. The summed E-state index contributed by atoms with van der Waals surface area (Å²) in [6.07, 6.45) is 0.913. The molecular formula is C11H12N4O2. The molecule has 0 spiro atoms. The minimum atomic E-state index is -0.782. The second-order valence-electron chi connectivity index (χ2n) is 3.37. The van der Waals surface area contributed by atoms with Gasteiger partial charge in [-0.25, -0.2) is 4.79 Å². The Kier molecular flexibility index (Phi) is 3.34. The number of ether oxygens (including phenoxy) is 1. The first-order valence-electron chi connectivity index (χ1n) is 5.14. The Bertz CT molecular complexity index is 524. The van der Waals surface area contributed by atoms with Crippen LogP contribution in [0.5, 0.6) is 0 Å². The molecule has 0 bridgehead atoms. The first-order chi connectivity index (χ1) is 8.27. The smallest absolute Gasteiger partial charge is 0.404 e. The molecule has 3 N–H and O–H groups in total. The number of hydrogen-bond acceptors (Lipinski definition) is 5. The number of fused-ring (bicyclic) bond motifs is 1. The van der Waals surface area contributed by atoms with Crippen LogP contribution in [0, 0.1) is 0 Å². The zero-order valence-electron chi connectivity index (χ0n) is 9.09. The van der Waals surface area contributed by atoms with Crippen molar-refractivity contribution in [2.45, 2.75) is 0 Å². The van der Waals surface area contributed by atoms with Gasteiger partial charge in [0, 0.05) is 10.8 Å². The fraction of sp³-hybridized carbons (Fsp3) is 0.182. The Morgan fingerprint density at radius 1 is 1.41 bits per heavy atom. The maximum absolute atomic E-state index is 10.4. The number of nitrogens with one attached hydrogen (secondary N) is 1. The second-order valence-corrected chi connectivity index (χ2v) is 3.37. The molecule has 0 atom stereocenters. The summed E-state index contributed by atoms with van der Waals surface area (Å²) in [6.45, 7) is 0.631. The molecule has 2 aromatic rings. The summed E-state index contributed by atoms with van der Waals surface area (Å²) >= 11 is 0. The minimum Gasteiger partial charge on any atom is -0.448 e. The Morgan fingerprint density at radius 2 is 2.24 bits per heavy atom. The van der Waals surface area contributed by atoms with Crippen molar-refractivity contribution in [3.8, 4) is 0 Å². The molecule has 0 unspecified atom stereocenters. The Labute approximate surface area is 97.8 Å². The van der Waals surface area contributed by atoms with E-state index < -0.39 is 6.09 Å². The molecule has 0 aliphatic rings. The lowest BCUT2D eigenvalue weighted by Gasteiger charge is -2.07. The first kappa shape index (κ1) is 11.1. The van der Waals surface area contributed by atoms with Gasteiger partial charge in [0.15, 0.2) is 5.82 Å². The molecule has 17 heavy (non-hydrogen) atoms. The summed E-state index contributed by atoms with van der Waals surface area (Å²) in [5.74, 6) is 0.663. The number of hydrogen-bond donors (Lipinski definition) is 2. The van der Waals surface area contributed by atoms with Crippen molar-refractivity contribution in [1.82, 2.24) is 10.2 Å². The SMILES string of the molecule is NC(=O)OCCNc1nncc2ccccc12. The van der Waals surface area contributed by atoms with E-state index in [1.54, 1.807) is 6.20 Å². The molecule has 0 saturated heterocycles. The third kappa shape index (κ3) is 2.81. The largest absolute Gasteiger partial charge is 0.448 e. The molecule has 1 aromatic heterocycles. The Balaban J connectivity index is 2.05. The lowest BCUT2D eigenvalue weighted by Crippen LogP contribution is -2.18. The van der Waals surface area contributed by atoms with Gasteiger partial charge in [-0.3, -0.25) is 0 Å². The van der Waals surface area contributed by atoms with Gasteiger partial charge in [-0.1, -0.05) is 24.3 Å². The zero-order valence-corrected chi connectivity index (χ0v) is 9.09. The molecule has 0 radical (unpaired) electrons. The average Bonchev–Trinajstić information content (AvgIpc) is 2.34.